The van der Waals surface area contributed by atoms with Crippen molar-refractivity contribution in [2.24, 2.45) is 0 Å². The van der Waals surface area contributed by atoms with Crippen molar-refractivity contribution in [1.29, 1.82) is 0 Å². The van der Waals surface area contributed by atoms with Crippen LogP contribution in [0.15, 0.2) is 67.0 Å². The fourth-order valence-corrected chi connectivity index (χ4v) is 4.61. The molecule has 0 aliphatic carbocycles. The fraction of sp³-hybridized carbons (Fsp3) is 0.179. The first-order valence-electron chi connectivity index (χ1n) is 11.8. The van der Waals surface area contributed by atoms with Crippen LogP contribution in [0.25, 0.3) is 5.65 Å². The lowest BCUT2D eigenvalue weighted by Crippen LogP contribution is -2.15. The molecule has 1 aliphatic heterocycles. The molecule has 0 fully saturated rings. The molecule has 3 aromatic carbocycles. The highest BCUT2D eigenvalue weighted by Gasteiger charge is 2.34. The van der Waals surface area contributed by atoms with Gasteiger partial charge in [0.2, 0.25) is 5.88 Å². The molecule has 6 rings (SSSR count). The topological polar surface area (TPSA) is 109 Å². The predicted octanol–water partition coefficient (Wildman–Crippen LogP) is 4.72. The van der Waals surface area contributed by atoms with E-state index in [9.17, 15) is 5.11 Å². The molecule has 0 radical (unpaired) electrons. The molecule has 0 amide bonds. The Balaban J connectivity index is 1.44. The molecule has 1 N–H and O–H groups in total. The van der Waals surface area contributed by atoms with E-state index in [1.807, 2.05) is 48.5 Å². The average molecular weight is 513 g/mol. The zero-order chi connectivity index (χ0) is 26.2. The zero-order valence-corrected chi connectivity index (χ0v) is 20.9. The molecule has 0 unspecified atom stereocenters. The Morgan fingerprint density at radius 1 is 0.895 bits per heavy atom. The molecule has 1 atom stereocenters. The number of phenolic OH excluding ortho intramolecular Hbond substituents is 1. The highest BCUT2D eigenvalue weighted by atomic mass is 16.5. The summed E-state index contributed by atoms with van der Waals surface area (Å²) in [6.07, 6.45) is 1.55. The number of aromatic nitrogens is 4. The van der Waals surface area contributed by atoms with Crippen molar-refractivity contribution < 1.29 is 28.8 Å². The quantitative estimate of drug-likeness (QED) is 0.325. The molecule has 10 nitrogen and oxygen atoms in total. The number of phenols is 1. The number of aromatic hydroxyl groups is 1. The SMILES string of the molecule is COc1ccc(OCc2nc3c4c(ncn3n2)Oc2cc(O)ccc2[C@@H]4c2ccc(OC)c(OC)c2)cc1. The molecular weight excluding hydrogens is 488 g/mol. The van der Waals surface area contributed by atoms with Gasteiger partial charge in [-0.1, -0.05) is 12.1 Å². The second-order valence-electron chi connectivity index (χ2n) is 8.60. The molecule has 10 heteroatoms. The molecule has 38 heavy (non-hydrogen) atoms. The number of fused-ring (bicyclic) bond motifs is 4. The Morgan fingerprint density at radius 3 is 2.45 bits per heavy atom. The van der Waals surface area contributed by atoms with Gasteiger partial charge in [0.25, 0.3) is 0 Å². The van der Waals surface area contributed by atoms with Crippen LogP contribution in [0.1, 0.15) is 28.4 Å². The lowest BCUT2D eigenvalue weighted by atomic mass is 9.83. The molecule has 0 bridgehead atoms. The van der Waals surface area contributed by atoms with Crippen molar-refractivity contribution in [2.45, 2.75) is 12.5 Å². The summed E-state index contributed by atoms with van der Waals surface area (Å²) in [5.41, 5.74) is 3.08. The second-order valence-corrected chi connectivity index (χ2v) is 8.60. The zero-order valence-electron chi connectivity index (χ0n) is 20.9. The minimum absolute atomic E-state index is 0.0970. The first kappa shape index (κ1) is 23.4. The van der Waals surface area contributed by atoms with Crippen LogP contribution in [-0.2, 0) is 6.61 Å². The fourth-order valence-electron chi connectivity index (χ4n) is 4.61. The van der Waals surface area contributed by atoms with Gasteiger partial charge in [0.05, 0.1) is 26.9 Å². The molecule has 3 heterocycles. The Morgan fingerprint density at radius 2 is 1.68 bits per heavy atom. The van der Waals surface area contributed by atoms with Crippen LogP contribution in [0, 0.1) is 0 Å². The highest BCUT2D eigenvalue weighted by molar-refractivity contribution is 5.67. The van der Waals surface area contributed by atoms with E-state index < -0.39 is 0 Å². The lowest BCUT2D eigenvalue weighted by Gasteiger charge is -2.28. The number of nitrogens with zero attached hydrogens (tertiary/aromatic N) is 4. The maximum atomic E-state index is 10.1. The molecule has 2 aromatic heterocycles. The van der Waals surface area contributed by atoms with Gasteiger partial charge < -0.3 is 28.8 Å². The van der Waals surface area contributed by atoms with Gasteiger partial charge in [0.15, 0.2) is 23.0 Å². The smallest absolute Gasteiger partial charge is 0.228 e. The highest BCUT2D eigenvalue weighted by Crippen LogP contribution is 2.49. The van der Waals surface area contributed by atoms with Gasteiger partial charge in [-0.3, -0.25) is 0 Å². The summed E-state index contributed by atoms with van der Waals surface area (Å²) >= 11 is 0. The summed E-state index contributed by atoms with van der Waals surface area (Å²) < 4.78 is 29.9. The summed E-state index contributed by atoms with van der Waals surface area (Å²) in [4.78, 5) is 9.32. The molecule has 192 valence electrons. The number of hydrogen-bond donors (Lipinski definition) is 1. The summed E-state index contributed by atoms with van der Waals surface area (Å²) in [6.45, 7) is 0.162. The van der Waals surface area contributed by atoms with E-state index in [0.29, 0.717) is 40.3 Å². The van der Waals surface area contributed by atoms with Crippen molar-refractivity contribution in [3.63, 3.8) is 0 Å². The van der Waals surface area contributed by atoms with E-state index in [1.54, 1.807) is 44.3 Å². The average Bonchev–Trinajstić information content (AvgIpc) is 3.38. The Bertz CT molecular complexity index is 1630. The van der Waals surface area contributed by atoms with Crippen LogP contribution >= 0.6 is 0 Å². The van der Waals surface area contributed by atoms with Crippen LogP contribution in [0.3, 0.4) is 0 Å². The van der Waals surface area contributed by atoms with Gasteiger partial charge in [-0.15, -0.1) is 5.10 Å². The van der Waals surface area contributed by atoms with E-state index in [1.165, 1.54) is 0 Å². The monoisotopic (exact) mass is 512 g/mol. The summed E-state index contributed by atoms with van der Waals surface area (Å²) in [5.74, 6) is 3.77. The van der Waals surface area contributed by atoms with Gasteiger partial charge in [0, 0.05) is 17.5 Å². The molecule has 1 aliphatic rings. The van der Waals surface area contributed by atoms with Crippen LogP contribution < -0.4 is 23.7 Å². The second kappa shape index (κ2) is 9.47. The third kappa shape index (κ3) is 4.05. The van der Waals surface area contributed by atoms with Crippen molar-refractivity contribution in [3.8, 4) is 40.4 Å². The van der Waals surface area contributed by atoms with Crippen LogP contribution in [0.2, 0.25) is 0 Å². The Labute approximate surface area is 218 Å². The number of benzene rings is 3. The van der Waals surface area contributed by atoms with Gasteiger partial charge in [-0.2, -0.15) is 0 Å². The van der Waals surface area contributed by atoms with Crippen LogP contribution in [0.4, 0.5) is 0 Å². The summed E-state index contributed by atoms with van der Waals surface area (Å²) in [6, 6.07) is 18.1. The van der Waals surface area contributed by atoms with E-state index in [2.05, 4.69) is 10.1 Å². The van der Waals surface area contributed by atoms with Gasteiger partial charge in [0.1, 0.15) is 35.9 Å². The van der Waals surface area contributed by atoms with Gasteiger partial charge >= 0.3 is 0 Å². The van der Waals surface area contributed by atoms with Crippen LogP contribution in [0.5, 0.6) is 40.4 Å². The van der Waals surface area contributed by atoms with Crippen molar-refractivity contribution in [2.75, 3.05) is 21.3 Å². The number of methoxy groups -OCH3 is 3. The van der Waals surface area contributed by atoms with Gasteiger partial charge in [-0.25, -0.2) is 14.5 Å². The predicted molar refractivity (Wildman–Crippen MR) is 137 cm³/mol. The molecular formula is C28H24N4O6. The Hall–Kier alpha value is -4.99. The summed E-state index contributed by atoms with van der Waals surface area (Å²) in [7, 11) is 4.81. The minimum Gasteiger partial charge on any atom is -0.508 e. The third-order valence-corrected chi connectivity index (χ3v) is 6.40. The maximum absolute atomic E-state index is 10.1. The van der Waals surface area contributed by atoms with Gasteiger partial charge in [-0.05, 0) is 48.0 Å². The van der Waals surface area contributed by atoms with Crippen molar-refractivity contribution in [1.82, 2.24) is 19.6 Å². The van der Waals surface area contributed by atoms with E-state index in [0.717, 1.165) is 22.4 Å². The molecule has 0 saturated heterocycles. The number of hydrogen-bond acceptors (Lipinski definition) is 9. The molecule has 5 aromatic rings. The third-order valence-electron chi connectivity index (χ3n) is 6.40. The lowest BCUT2D eigenvalue weighted by molar-refractivity contribution is 0.295. The Kier molecular flexibility index (Phi) is 5.83. The van der Waals surface area contributed by atoms with E-state index in [-0.39, 0.29) is 18.3 Å². The standard InChI is InChI=1S/C28H24N4O6/c1-34-18-6-8-19(9-7-18)37-14-24-30-27-26-25(16-4-11-21(35-2)23(12-16)36-3)20-10-5-17(33)13-22(20)38-28(26)29-15-32(27)31-24/h4-13,15,25,33H,14H2,1-3H3/t25-/m0/s1. The maximum Gasteiger partial charge on any atom is 0.228 e. The first-order valence-corrected chi connectivity index (χ1v) is 11.8. The van der Waals surface area contributed by atoms with Crippen molar-refractivity contribution >= 4 is 5.65 Å². The van der Waals surface area contributed by atoms with Crippen molar-refractivity contribution in [3.05, 3.63) is 89.5 Å². The molecule has 0 saturated carbocycles. The largest absolute Gasteiger partial charge is 0.508 e. The number of ether oxygens (including phenoxy) is 5. The summed E-state index contributed by atoms with van der Waals surface area (Å²) in [5, 5.41) is 14.7. The van der Waals surface area contributed by atoms with Crippen LogP contribution in [-0.4, -0.2) is 46.0 Å². The van der Waals surface area contributed by atoms with E-state index in [4.69, 9.17) is 28.7 Å². The normalized spacial score (nSPS) is 13.8. The van der Waals surface area contributed by atoms with E-state index >= 15 is 0 Å². The minimum atomic E-state index is -0.329. The molecule has 0 spiro atoms. The first-order chi connectivity index (χ1) is 18.6. The number of rotatable bonds is 7.